The second-order valence-corrected chi connectivity index (χ2v) is 7.59. The van der Waals surface area contributed by atoms with E-state index in [-0.39, 0.29) is 30.8 Å². The Morgan fingerprint density at radius 3 is 2.19 bits per heavy atom. The smallest absolute Gasteiger partial charge is 0.349 e. The lowest BCUT2D eigenvalue weighted by molar-refractivity contribution is -0.143. The fourth-order valence-electron chi connectivity index (χ4n) is 3.20. The van der Waals surface area contributed by atoms with E-state index in [1.165, 1.54) is 18.2 Å². The highest BCUT2D eigenvalue weighted by molar-refractivity contribution is 5.84. The predicted octanol–water partition coefficient (Wildman–Crippen LogP) is 4.67. The lowest BCUT2D eigenvalue weighted by Gasteiger charge is -2.13. The molecule has 192 valence electrons. The Bertz CT molecular complexity index is 1350. The second kappa shape index (κ2) is 11.2. The molecule has 36 heavy (non-hydrogen) atoms. The van der Waals surface area contributed by atoms with Gasteiger partial charge in [0.1, 0.15) is 11.3 Å². The number of benzene rings is 2. The van der Waals surface area contributed by atoms with Crippen molar-refractivity contribution in [1.29, 1.82) is 0 Å². The van der Waals surface area contributed by atoms with Gasteiger partial charge in [-0.15, -0.1) is 0 Å². The molecule has 3 rings (SSSR count). The van der Waals surface area contributed by atoms with Crippen LogP contribution in [-0.2, 0) is 20.7 Å². The van der Waals surface area contributed by atoms with Crippen LogP contribution in [0.5, 0.6) is 11.5 Å². The van der Waals surface area contributed by atoms with E-state index in [0.29, 0.717) is 22.9 Å². The van der Waals surface area contributed by atoms with Crippen molar-refractivity contribution in [3.05, 3.63) is 68.8 Å². The van der Waals surface area contributed by atoms with Crippen LogP contribution < -0.4 is 15.1 Å². The van der Waals surface area contributed by atoms with Crippen molar-refractivity contribution in [1.82, 2.24) is 0 Å². The fourth-order valence-corrected chi connectivity index (χ4v) is 3.20. The Hall–Kier alpha value is -3.96. The third kappa shape index (κ3) is 5.81. The second-order valence-electron chi connectivity index (χ2n) is 7.59. The maximum absolute atomic E-state index is 13.8. The quantitative estimate of drug-likeness (QED) is 0.102. The summed E-state index contributed by atoms with van der Waals surface area (Å²) in [5.41, 5.74) is 0.227. The van der Waals surface area contributed by atoms with Crippen LogP contribution in [0.4, 0.5) is 22.0 Å². The van der Waals surface area contributed by atoms with Gasteiger partial charge >= 0.3 is 17.6 Å². The zero-order chi connectivity index (χ0) is 26.6. The molecule has 2 aromatic carbocycles. The third-order valence-electron chi connectivity index (χ3n) is 4.93. The van der Waals surface area contributed by atoms with Crippen LogP contribution in [-0.4, -0.2) is 25.2 Å². The highest BCUT2D eigenvalue weighted by Crippen LogP contribution is 2.30. The van der Waals surface area contributed by atoms with Crippen molar-refractivity contribution in [3.63, 3.8) is 0 Å². The van der Waals surface area contributed by atoms with Gasteiger partial charge in [-0.1, -0.05) is 6.92 Å². The van der Waals surface area contributed by atoms with Gasteiger partial charge < -0.3 is 18.6 Å². The van der Waals surface area contributed by atoms with E-state index >= 15 is 0 Å². The minimum atomic E-state index is -2.38. The standard InChI is InChI=1S/C24H19F5O7/c1-3-6-33-16(30)5-4-12-8-13-11(2)7-17(31)36-15(13)9-14(12)35-18(32)10-34-24-22(28)20(26)19(25)21(27)23(24)29/h7-9H,3-6,10H2,1-2H3. The number of rotatable bonds is 9. The van der Waals surface area contributed by atoms with Gasteiger partial charge in [0.25, 0.3) is 0 Å². The number of hydrogen-bond acceptors (Lipinski definition) is 7. The fraction of sp³-hybridized carbons (Fsp3) is 0.292. The molecule has 7 nitrogen and oxygen atoms in total. The summed E-state index contributed by atoms with van der Waals surface area (Å²) < 4.78 is 87.2. The molecule has 0 spiro atoms. The highest BCUT2D eigenvalue weighted by atomic mass is 19.2. The molecule has 0 radical (unpaired) electrons. The molecule has 0 amide bonds. The lowest BCUT2D eigenvalue weighted by Crippen LogP contribution is -2.20. The number of carbonyl (C=O) groups is 2. The molecule has 0 aliphatic carbocycles. The van der Waals surface area contributed by atoms with E-state index in [0.717, 1.165) is 0 Å². The number of ether oxygens (including phenoxy) is 3. The number of carbonyl (C=O) groups excluding carboxylic acids is 2. The molecule has 3 aromatic rings. The van der Waals surface area contributed by atoms with Gasteiger partial charge in [-0.3, -0.25) is 4.79 Å². The van der Waals surface area contributed by atoms with Crippen molar-refractivity contribution in [2.75, 3.05) is 13.2 Å². The Morgan fingerprint density at radius 2 is 1.56 bits per heavy atom. The van der Waals surface area contributed by atoms with Crippen LogP contribution >= 0.6 is 0 Å². The molecule has 1 aromatic heterocycles. The number of hydrogen-bond donors (Lipinski definition) is 0. The number of fused-ring (bicyclic) bond motifs is 1. The predicted molar refractivity (Wildman–Crippen MR) is 114 cm³/mol. The molecular formula is C24H19F5O7. The first kappa shape index (κ1) is 26.6. The molecule has 0 saturated heterocycles. The zero-order valence-corrected chi connectivity index (χ0v) is 19.0. The minimum Gasteiger partial charge on any atom is -0.476 e. The molecule has 0 aliphatic rings. The van der Waals surface area contributed by atoms with Gasteiger partial charge in [0, 0.05) is 23.9 Å². The van der Waals surface area contributed by atoms with Gasteiger partial charge in [-0.05, 0) is 37.0 Å². The van der Waals surface area contributed by atoms with Crippen LogP contribution in [0.15, 0.2) is 27.4 Å². The van der Waals surface area contributed by atoms with Crippen LogP contribution in [0, 0.1) is 36.0 Å². The minimum absolute atomic E-state index is 0.0398. The molecule has 0 fully saturated rings. The summed E-state index contributed by atoms with van der Waals surface area (Å²) in [7, 11) is 0. The summed E-state index contributed by atoms with van der Waals surface area (Å²) in [5, 5.41) is 0.490. The van der Waals surface area contributed by atoms with E-state index in [9.17, 15) is 36.3 Å². The summed E-state index contributed by atoms with van der Waals surface area (Å²) >= 11 is 0. The number of esters is 2. The molecule has 0 atom stereocenters. The molecule has 1 heterocycles. The molecule has 0 saturated carbocycles. The van der Waals surface area contributed by atoms with Crippen molar-refractivity contribution >= 4 is 22.9 Å². The van der Waals surface area contributed by atoms with E-state index in [1.807, 2.05) is 6.92 Å². The maximum Gasteiger partial charge on any atom is 0.349 e. The molecular weight excluding hydrogens is 495 g/mol. The Labute approximate surface area is 200 Å². The monoisotopic (exact) mass is 514 g/mol. The first-order valence-corrected chi connectivity index (χ1v) is 10.6. The van der Waals surface area contributed by atoms with Gasteiger partial charge in [0.05, 0.1) is 6.61 Å². The zero-order valence-electron chi connectivity index (χ0n) is 19.0. The SMILES string of the molecule is CCCOC(=O)CCc1cc2c(C)cc(=O)oc2cc1OC(=O)COc1c(F)c(F)c(F)c(F)c1F. The highest BCUT2D eigenvalue weighted by Gasteiger charge is 2.28. The summed E-state index contributed by atoms with van der Waals surface area (Å²) in [4.78, 5) is 36.0. The lowest BCUT2D eigenvalue weighted by atomic mass is 10.0. The molecule has 0 unspecified atom stereocenters. The van der Waals surface area contributed by atoms with Gasteiger partial charge in [0.2, 0.25) is 29.1 Å². The van der Waals surface area contributed by atoms with Crippen LogP contribution in [0.2, 0.25) is 0 Å². The summed E-state index contributed by atoms with van der Waals surface area (Å²) in [6.07, 6.45) is 0.566. The van der Waals surface area contributed by atoms with Crippen LogP contribution in [0.25, 0.3) is 11.0 Å². The van der Waals surface area contributed by atoms with E-state index in [1.54, 1.807) is 6.92 Å². The summed E-state index contributed by atoms with van der Waals surface area (Å²) in [6, 6.07) is 3.96. The number of halogens is 5. The average molecular weight is 514 g/mol. The van der Waals surface area contributed by atoms with Crippen molar-refractivity contribution < 1.29 is 50.2 Å². The first-order valence-electron chi connectivity index (χ1n) is 10.6. The van der Waals surface area contributed by atoms with Crippen molar-refractivity contribution in [3.8, 4) is 11.5 Å². The van der Waals surface area contributed by atoms with E-state index in [4.69, 9.17) is 13.9 Å². The summed E-state index contributed by atoms with van der Waals surface area (Å²) in [6.45, 7) is 2.45. The largest absolute Gasteiger partial charge is 0.476 e. The Kier molecular flexibility index (Phi) is 8.28. The van der Waals surface area contributed by atoms with Gasteiger partial charge in [-0.25, -0.2) is 22.8 Å². The van der Waals surface area contributed by atoms with Crippen LogP contribution in [0.3, 0.4) is 0 Å². The third-order valence-corrected chi connectivity index (χ3v) is 4.93. The molecule has 12 heteroatoms. The topological polar surface area (TPSA) is 92.0 Å². The van der Waals surface area contributed by atoms with Gasteiger partial charge in [-0.2, -0.15) is 8.78 Å². The summed E-state index contributed by atoms with van der Waals surface area (Å²) in [5.74, 6) is -15.0. The molecule has 0 bridgehead atoms. The average Bonchev–Trinajstić information content (AvgIpc) is 2.83. The van der Waals surface area contributed by atoms with Crippen molar-refractivity contribution in [2.24, 2.45) is 0 Å². The van der Waals surface area contributed by atoms with E-state index < -0.39 is 59.0 Å². The molecule has 0 aliphatic heterocycles. The maximum atomic E-state index is 13.8. The van der Waals surface area contributed by atoms with E-state index in [2.05, 4.69) is 4.74 Å². The van der Waals surface area contributed by atoms with Crippen molar-refractivity contribution in [2.45, 2.75) is 33.1 Å². The Morgan fingerprint density at radius 1 is 0.917 bits per heavy atom. The first-order chi connectivity index (χ1) is 17.0. The Balaban J connectivity index is 1.86. The normalized spacial score (nSPS) is 11.0. The van der Waals surface area contributed by atoms with Crippen LogP contribution in [0.1, 0.15) is 30.9 Å². The van der Waals surface area contributed by atoms with Gasteiger partial charge in [0.15, 0.2) is 12.4 Å². The molecule has 0 N–H and O–H groups in total. The number of aryl methyl sites for hydroxylation is 2.